The molecule has 1 saturated carbocycles. The molecule has 1 aliphatic heterocycles. The molecule has 0 spiro atoms. The molecule has 1 amide bonds. The quantitative estimate of drug-likeness (QED) is 0.350. The summed E-state index contributed by atoms with van der Waals surface area (Å²) < 4.78 is 5.46. The number of morpholine rings is 1. The largest absolute Gasteiger partial charge is 0.386 e. The first-order valence-electron chi connectivity index (χ1n) is 13.7. The second-order valence-electron chi connectivity index (χ2n) is 9.96. The Morgan fingerprint density at radius 1 is 1.11 bits per heavy atom. The maximum Gasteiger partial charge on any atom is 0.274 e. The highest BCUT2D eigenvalue weighted by Crippen LogP contribution is 2.22. The Labute approximate surface area is 221 Å². The second kappa shape index (κ2) is 14.0. The van der Waals surface area contributed by atoms with E-state index in [1.54, 1.807) is 6.07 Å². The second-order valence-corrected chi connectivity index (χ2v) is 9.96. The summed E-state index contributed by atoms with van der Waals surface area (Å²) in [5.41, 5.74) is 3.06. The van der Waals surface area contributed by atoms with E-state index in [0.717, 1.165) is 75.0 Å². The molecule has 3 N–H and O–H groups in total. The topological polar surface area (TPSA) is 81.8 Å². The van der Waals surface area contributed by atoms with Crippen LogP contribution in [0.1, 0.15) is 54.6 Å². The van der Waals surface area contributed by atoms with Crippen molar-refractivity contribution in [1.82, 2.24) is 20.1 Å². The predicted molar refractivity (Wildman–Crippen MR) is 150 cm³/mol. The molecule has 8 nitrogen and oxygen atoms in total. The number of carbonyl (C=O) groups is 1. The molecule has 0 bridgehead atoms. The van der Waals surface area contributed by atoms with Crippen molar-refractivity contribution < 1.29 is 9.53 Å². The third kappa shape index (κ3) is 8.20. The Hall–Kier alpha value is -3.10. The van der Waals surface area contributed by atoms with Crippen molar-refractivity contribution in [1.29, 1.82) is 0 Å². The van der Waals surface area contributed by atoms with Gasteiger partial charge in [0.25, 0.3) is 5.91 Å². The zero-order chi connectivity index (χ0) is 25.9. The molecule has 0 radical (unpaired) electrons. The first-order valence-corrected chi connectivity index (χ1v) is 13.7. The van der Waals surface area contributed by atoms with Crippen LogP contribution < -0.4 is 16.0 Å². The molecule has 1 aliphatic carbocycles. The molecule has 37 heavy (non-hydrogen) atoms. The maximum absolute atomic E-state index is 12.8. The number of aromatic nitrogens is 1. The fourth-order valence-corrected chi connectivity index (χ4v) is 5.04. The molecule has 4 rings (SSSR count). The number of benzene rings is 1. The fraction of sp³-hybridized carbons (Fsp3) is 0.517. The molecular formula is C29H42N6O2. The molecular weight excluding hydrogens is 464 g/mol. The van der Waals surface area contributed by atoms with Gasteiger partial charge >= 0.3 is 0 Å². The molecule has 1 aromatic carbocycles. The highest BCUT2D eigenvalue weighted by molar-refractivity contribution is 6.04. The van der Waals surface area contributed by atoms with E-state index in [0.29, 0.717) is 18.3 Å². The lowest BCUT2D eigenvalue weighted by Gasteiger charge is -2.30. The Kier molecular flexibility index (Phi) is 10.2. The zero-order valence-electron chi connectivity index (χ0n) is 22.2. The van der Waals surface area contributed by atoms with Gasteiger partial charge in [-0.3, -0.25) is 14.7 Å². The average Bonchev–Trinajstić information content (AvgIpc) is 3.44. The monoisotopic (exact) mass is 506 g/mol. The van der Waals surface area contributed by atoms with Crippen molar-refractivity contribution in [3.8, 4) is 0 Å². The van der Waals surface area contributed by atoms with Crippen LogP contribution in [0.2, 0.25) is 0 Å². The Morgan fingerprint density at radius 2 is 1.86 bits per heavy atom. The SMILES string of the molecule is C=C(NC1CCCC1)N(CCCCN1CCOCC1)Cc1ccc(C(=O)Nc2ccccc2NC)nc1. The number of anilines is 2. The molecule has 0 atom stereocenters. The van der Waals surface area contributed by atoms with Crippen molar-refractivity contribution in [2.75, 3.05) is 57.1 Å². The number of nitrogens with zero attached hydrogens (tertiary/aromatic N) is 3. The normalized spacial score (nSPS) is 16.4. The summed E-state index contributed by atoms with van der Waals surface area (Å²) >= 11 is 0. The number of unbranched alkanes of at least 4 members (excludes halogenated alkanes) is 1. The van der Waals surface area contributed by atoms with Gasteiger partial charge in [-0.2, -0.15) is 0 Å². The number of hydrogen-bond donors (Lipinski definition) is 3. The first kappa shape index (κ1) is 26.9. The lowest BCUT2D eigenvalue weighted by Crippen LogP contribution is -2.38. The van der Waals surface area contributed by atoms with E-state index >= 15 is 0 Å². The molecule has 2 aromatic rings. The standard InChI is InChI=1S/C29H42N6O2/c1-23(32-25-9-3-4-10-25)35(16-8-7-15-34-17-19-37-20-18-34)22-24-13-14-28(31-21-24)29(36)33-27-12-6-5-11-26(27)30-2/h5-6,11-14,21,25,30,32H,1,3-4,7-10,15-20,22H2,2H3,(H,33,36). The van der Waals surface area contributed by atoms with E-state index in [2.05, 4.69) is 37.3 Å². The highest BCUT2D eigenvalue weighted by Gasteiger charge is 2.18. The van der Waals surface area contributed by atoms with E-state index in [9.17, 15) is 4.79 Å². The summed E-state index contributed by atoms with van der Waals surface area (Å²) in [7, 11) is 1.84. The summed E-state index contributed by atoms with van der Waals surface area (Å²) in [4.78, 5) is 22.1. The Morgan fingerprint density at radius 3 is 2.57 bits per heavy atom. The molecule has 2 aliphatic rings. The molecule has 8 heteroatoms. The number of ether oxygens (including phenoxy) is 1. The molecule has 0 unspecified atom stereocenters. The Bertz CT molecular complexity index is 1000. The van der Waals surface area contributed by atoms with Crippen LogP contribution in [0, 0.1) is 0 Å². The van der Waals surface area contributed by atoms with Gasteiger partial charge in [0.15, 0.2) is 0 Å². The van der Waals surface area contributed by atoms with E-state index < -0.39 is 0 Å². The van der Waals surface area contributed by atoms with Gasteiger partial charge < -0.3 is 25.6 Å². The highest BCUT2D eigenvalue weighted by atomic mass is 16.5. The summed E-state index contributed by atoms with van der Waals surface area (Å²) in [6.45, 7) is 10.9. The van der Waals surface area contributed by atoms with Crippen LogP contribution in [0.15, 0.2) is 55.0 Å². The lowest BCUT2D eigenvalue weighted by atomic mass is 10.2. The van der Waals surface area contributed by atoms with Crippen LogP contribution in [-0.4, -0.2) is 73.2 Å². The van der Waals surface area contributed by atoms with Gasteiger partial charge in [-0.25, -0.2) is 0 Å². The van der Waals surface area contributed by atoms with Crippen molar-refractivity contribution in [2.24, 2.45) is 0 Å². The Balaban J connectivity index is 1.33. The van der Waals surface area contributed by atoms with Gasteiger partial charge in [-0.05, 0) is 56.0 Å². The fourth-order valence-electron chi connectivity index (χ4n) is 5.04. The first-order chi connectivity index (χ1) is 18.1. The van der Waals surface area contributed by atoms with E-state index in [1.807, 2.05) is 43.6 Å². The van der Waals surface area contributed by atoms with Crippen molar-refractivity contribution in [2.45, 2.75) is 51.1 Å². The van der Waals surface area contributed by atoms with Crippen LogP contribution in [0.3, 0.4) is 0 Å². The van der Waals surface area contributed by atoms with Gasteiger partial charge in [0.1, 0.15) is 5.69 Å². The predicted octanol–water partition coefficient (Wildman–Crippen LogP) is 4.29. The maximum atomic E-state index is 12.8. The number of hydrogen-bond acceptors (Lipinski definition) is 7. The van der Waals surface area contributed by atoms with Crippen LogP contribution >= 0.6 is 0 Å². The molecule has 200 valence electrons. The van der Waals surface area contributed by atoms with Gasteiger partial charge in [0.2, 0.25) is 0 Å². The van der Waals surface area contributed by atoms with E-state index in [1.165, 1.54) is 25.7 Å². The zero-order valence-corrected chi connectivity index (χ0v) is 22.2. The average molecular weight is 507 g/mol. The van der Waals surface area contributed by atoms with Gasteiger partial charge in [0, 0.05) is 45.5 Å². The minimum absolute atomic E-state index is 0.221. The van der Waals surface area contributed by atoms with Crippen molar-refractivity contribution >= 4 is 17.3 Å². The van der Waals surface area contributed by atoms with Crippen molar-refractivity contribution in [3.05, 3.63) is 66.3 Å². The lowest BCUT2D eigenvalue weighted by molar-refractivity contribution is 0.0369. The summed E-state index contributed by atoms with van der Waals surface area (Å²) in [6.07, 6.45) is 9.06. The summed E-state index contributed by atoms with van der Waals surface area (Å²) in [5, 5.41) is 9.71. The van der Waals surface area contributed by atoms with Gasteiger partial charge in [0.05, 0.1) is 30.4 Å². The molecule has 1 aromatic heterocycles. The summed E-state index contributed by atoms with van der Waals surface area (Å²) in [5.74, 6) is 0.769. The van der Waals surface area contributed by atoms with Crippen LogP contribution in [0.25, 0.3) is 0 Å². The van der Waals surface area contributed by atoms with E-state index in [4.69, 9.17) is 4.74 Å². The molecule has 2 fully saturated rings. The van der Waals surface area contributed by atoms with E-state index in [-0.39, 0.29) is 5.91 Å². The summed E-state index contributed by atoms with van der Waals surface area (Å²) in [6, 6.07) is 11.9. The minimum Gasteiger partial charge on any atom is -0.386 e. The number of amides is 1. The third-order valence-corrected chi connectivity index (χ3v) is 7.24. The number of nitrogens with one attached hydrogen (secondary N) is 3. The number of para-hydroxylation sites is 2. The van der Waals surface area contributed by atoms with Gasteiger partial charge in [-0.15, -0.1) is 0 Å². The van der Waals surface area contributed by atoms with Crippen LogP contribution in [-0.2, 0) is 11.3 Å². The smallest absolute Gasteiger partial charge is 0.274 e. The molecule has 2 heterocycles. The number of pyridine rings is 1. The number of carbonyl (C=O) groups excluding carboxylic acids is 1. The molecule has 1 saturated heterocycles. The van der Waals surface area contributed by atoms with Crippen LogP contribution in [0.4, 0.5) is 11.4 Å². The number of rotatable bonds is 13. The third-order valence-electron chi connectivity index (χ3n) is 7.24. The van der Waals surface area contributed by atoms with Gasteiger partial charge in [-0.1, -0.05) is 37.6 Å². The van der Waals surface area contributed by atoms with Crippen LogP contribution in [0.5, 0.6) is 0 Å². The van der Waals surface area contributed by atoms with Crippen molar-refractivity contribution in [3.63, 3.8) is 0 Å². The minimum atomic E-state index is -0.221.